The van der Waals surface area contributed by atoms with Crippen LogP contribution < -0.4 is 0 Å². The van der Waals surface area contributed by atoms with Crippen molar-refractivity contribution >= 4 is 10.9 Å². The molecular weight excluding hydrogens is 262 g/mol. The zero-order valence-corrected chi connectivity index (χ0v) is 10.1. The fraction of sp³-hybridized carbons (Fsp3) is 0.385. The molecule has 6 heteroatoms. The minimum atomic E-state index is -4.29. The molecule has 1 aromatic heterocycles. The van der Waals surface area contributed by atoms with Gasteiger partial charge in [0.25, 0.3) is 0 Å². The normalized spacial score (nSPS) is 12.2. The molecule has 0 spiro atoms. The van der Waals surface area contributed by atoms with Gasteiger partial charge in [0.1, 0.15) is 12.4 Å². The molecule has 104 valence electrons. The summed E-state index contributed by atoms with van der Waals surface area (Å²) >= 11 is 0. The van der Waals surface area contributed by atoms with E-state index >= 15 is 0 Å². The molecule has 0 amide bonds. The van der Waals surface area contributed by atoms with Crippen LogP contribution in [0.5, 0.6) is 0 Å². The summed E-state index contributed by atoms with van der Waals surface area (Å²) in [5.41, 5.74) is 0.732. The maximum atomic E-state index is 13.4. The van der Waals surface area contributed by atoms with E-state index in [1.54, 1.807) is 29.0 Å². The first-order chi connectivity index (χ1) is 8.97. The standard InChI is InChI=1S/C13H13F4NO/c14-11-3-1-4-12-10(11)5-7-18(12)6-2-8-19-9-13(15,16)17/h1,3-5,7H,2,6,8-9H2. The molecule has 0 saturated carbocycles. The third kappa shape index (κ3) is 3.70. The summed E-state index contributed by atoms with van der Waals surface area (Å²) in [6.45, 7) is -0.715. The zero-order chi connectivity index (χ0) is 13.9. The number of benzene rings is 1. The summed E-state index contributed by atoms with van der Waals surface area (Å²) in [4.78, 5) is 0. The molecule has 0 aliphatic rings. The van der Waals surface area contributed by atoms with E-state index in [2.05, 4.69) is 4.74 Å². The first kappa shape index (κ1) is 13.9. The average Bonchev–Trinajstić information content (AvgIpc) is 2.72. The minimum Gasteiger partial charge on any atom is -0.372 e. The summed E-state index contributed by atoms with van der Waals surface area (Å²) in [5, 5.41) is 0.513. The Hall–Kier alpha value is -1.56. The largest absolute Gasteiger partial charge is 0.411 e. The maximum absolute atomic E-state index is 13.4. The highest BCUT2D eigenvalue weighted by atomic mass is 19.4. The summed E-state index contributed by atoms with van der Waals surface area (Å²) < 4.78 is 55.2. The van der Waals surface area contributed by atoms with Gasteiger partial charge in [-0.25, -0.2) is 4.39 Å². The van der Waals surface area contributed by atoms with Crippen LogP contribution in [0.4, 0.5) is 17.6 Å². The second-order valence-corrected chi connectivity index (χ2v) is 4.20. The summed E-state index contributed by atoms with van der Waals surface area (Å²) in [6.07, 6.45) is -2.13. The maximum Gasteiger partial charge on any atom is 0.411 e. The Labute approximate surface area is 107 Å². The molecule has 1 heterocycles. The SMILES string of the molecule is Fc1cccc2c1ccn2CCCOCC(F)(F)F. The van der Waals surface area contributed by atoms with Crippen LogP contribution in [0.2, 0.25) is 0 Å². The number of ether oxygens (including phenoxy) is 1. The van der Waals surface area contributed by atoms with Gasteiger partial charge in [-0.05, 0) is 24.6 Å². The molecule has 2 rings (SSSR count). The van der Waals surface area contributed by atoms with Gasteiger partial charge in [-0.1, -0.05) is 6.07 Å². The molecule has 0 aliphatic heterocycles. The molecule has 0 N–H and O–H groups in total. The van der Waals surface area contributed by atoms with Crippen molar-refractivity contribution < 1.29 is 22.3 Å². The van der Waals surface area contributed by atoms with Crippen molar-refractivity contribution in [1.29, 1.82) is 0 Å². The highest BCUT2D eigenvalue weighted by molar-refractivity contribution is 5.80. The Morgan fingerprint density at radius 2 is 1.95 bits per heavy atom. The lowest BCUT2D eigenvalue weighted by molar-refractivity contribution is -0.174. The Balaban J connectivity index is 1.87. The summed E-state index contributed by atoms with van der Waals surface area (Å²) in [5.74, 6) is -0.301. The summed E-state index contributed by atoms with van der Waals surface area (Å²) in [7, 11) is 0. The van der Waals surface area contributed by atoms with Gasteiger partial charge in [-0.3, -0.25) is 0 Å². The first-order valence-electron chi connectivity index (χ1n) is 5.85. The van der Waals surface area contributed by atoms with Gasteiger partial charge in [0.2, 0.25) is 0 Å². The van der Waals surface area contributed by atoms with E-state index in [1.807, 2.05) is 0 Å². The number of nitrogens with zero attached hydrogens (tertiary/aromatic N) is 1. The fourth-order valence-corrected chi connectivity index (χ4v) is 1.91. The van der Waals surface area contributed by atoms with Crippen molar-refractivity contribution in [2.75, 3.05) is 13.2 Å². The van der Waals surface area contributed by atoms with Crippen molar-refractivity contribution in [3.8, 4) is 0 Å². The molecule has 2 nitrogen and oxygen atoms in total. The summed E-state index contributed by atoms with van der Waals surface area (Å²) in [6, 6.07) is 6.41. The predicted octanol–water partition coefficient (Wildman–Crippen LogP) is 3.75. The smallest absolute Gasteiger partial charge is 0.372 e. The van der Waals surface area contributed by atoms with Crippen molar-refractivity contribution in [1.82, 2.24) is 4.57 Å². The van der Waals surface area contributed by atoms with E-state index in [0.29, 0.717) is 18.4 Å². The first-order valence-corrected chi connectivity index (χ1v) is 5.85. The van der Waals surface area contributed by atoms with Crippen molar-refractivity contribution in [3.63, 3.8) is 0 Å². The van der Waals surface area contributed by atoms with Crippen LogP contribution in [0.3, 0.4) is 0 Å². The van der Waals surface area contributed by atoms with Crippen LogP contribution in [0, 0.1) is 5.82 Å². The molecule has 0 unspecified atom stereocenters. The molecule has 2 aromatic rings. The van der Waals surface area contributed by atoms with Crippen LogP contribution in [0.15, 0.2) is 30.5 Å². The molecule has 0 bridgehead atoms. The van der Waals surface area contributed by atoms with E-state index in [-0.39, 0.29) is 12.4 Å². The molecule has 19 heavy (non-hydrogen) atoms. The highest BCUT2D eigenvalue weighted by Crippen LogP contribution is 2.19. The van der Waals surface area contributed by atoms with Crippen molar-refractivity contribution in [2.24, 2.45) is 0 Å². The molecular formula is C13H13F4NO. The van der Waals surface area contributed by atoms with Gasteiger partial charge in [-0.2, -0.15) is 13.2 Å². The van der Waals surface area contributed by atoms with E-state index in [1.165, 1.54) is 6.07 Å². The lowest BCUT2D eigenvalue weighted by Gasteiger charge is -2.08. The Morgan fingerprint density at radius 3 is 2.68 bits per heavy atom. The number of halogens is 4. The number of aryl methyl sites for hydroxylation is 1. The minimum absolute atomic E-state index is 0.0223. The lowest BCUT2D eigenvalue weighted by Crippen LogP contribution is -2.17. The van der Waals surface area contributed by atoms with Crippen LogP contribution in [-0.2, 0) is 11.3 Å². The molecule has 1 aromatic carbocycles. The number of hydrogen-bond acceptors (Lipinski definition) is 1. The molecule has 0 atom stereocenters. The van der Waals surface area contributed by atoms with E-state index in [4.69, 9.17) is 0 Å². The zero-order valence-electron chi connectivity index (χ0n) is 10.1. The van der Waals surface area contributed by atoms with Gasteiger partial charge < -0.3 is 9.30 Å². The number of fused-ring (bicyclic) bond motifs is 1. The van der Waals surface area contributed by atoms with Crippen molar-refractivity contribution in [3.05, 3.63) is 36.3 Å². The van der Waals surface area contributed by atoms with Gasteiger partial charge in [-0.15, -0.1) is 0 Å². The number of hydrogen-bond donors (Lipinski definition) is 0. The Kier molecular flexibility index (Phi) is 4.09. The average molecular weight is 275 g/mol. The number of aromatic nitrogens is 1. The van der Waals surface area contributed by atoms with Crippen LogP contribution in [0.25, 0.3) is 10.9 Å². The topological polar surface area (TPSA) is 14.2 Å². The third-order valence-corrected chi connectivity index (χ3v) is 2.71. The Morgan fingerprint density at radius 1 is 1.16 bits per heavy atom. The second kappa shape index (κ2) is 5.61. The quantitative estimate of drug-likeness (QED) is 0.599. The number of alkyl halides is 3. The second-order valence-electron chi connectivity index (χ2n) is 4.20. The van der Waals surface area contributed by atoms with Gasteiger partial charge in [0.05, 0.1) is 5.52 Å². The van der Waals surface area contributed by atoms with Gasteiger partial charge in [0, 0.05) is 24.7 Å². The van der Waals surface area contributed by atoms with E-state index in [9.17, 15) is 17.6 Å². The molecule has 0 radical (unpaired) electrons. The number of rotatable bonds is 5. The molecule has 0 fully saturated rings. The Bertz CT molecular complexity index is 547. The van der Waals surface area contributed by atoms with Crippen LogP contribution in [0.1, 0.15) is 6.42 Å². The van der Waals surface area contributed by atoms with E-state index < -0.39 is 12.8 Å². The highest BCUT2D eigenvalue weighted by Gasteiger charge is 2.27. The monoisotopic (exact) mass is 275 g/mol. The third-order valence-electron chi connectivity index (χ3n) is 2.71. The molecule has 0 aliphatic carbocycles. The van der Waals surface area contributed by atoms with Gasteiger partial charge in [0.15, 0.2) is 0 Å². The molecule has 0 saturated heterocycles. The lowest BCUT2D eigenvalue weighted by atomic mass is 10.2. The van der Waals surface area contributed by atoms with Gasteiger partial charge >= 0.3 is 6.18 Å². The predicted molar refractivity (Wildman–Crippen MR) is 63.4 cm³/mol. The van der Waals surface area contributed by atoms with Crippen LogP contribution >= 0.6 is 0 Å². The fourth-order valence-electron chi connectivity index (χ4n) is 1.91. The van der Waals surface area contributed by atoms with E-state index in [0.717, 1.165) is 5.52 Å². The van der Waals surface area contributed by atoms with Crippen LogP contribution in [-0.4, -0.2) is 24.0 Å². The van der Waals surface area contributed by atoms with Crippen molar-refractivity contribution in [2.45, 2.75) is 19.1 Å².